The van der Waals surface area contributed by atoms with Crippen molar-refractivity contribution in [2.45, 2.75) is 45.8 Å². The molecule has 0 aliphatic rings. The Morgan fingerprint density at radius 2 is 1.71 bits per heavy atom. The second-order valence-electron chi connectivity index (χ2n) is 10.3. The van der Waals surface area contributed by atoms with Crippen LogP contribution in [0.4, 0.5) is 0 Å². The molecule has 1 aromatic heterocycles. The lowest BCUT2D eigenvalue weighted by molar-refractivity contribution is -0.135. The number of aromatic amines is 1. The number of ether oxygens (including phenoxy) is 1. The average Bonchev–Trinajstić information content (AvgIpc) is 3.47. The Balaban J connectivity index is 1.68. The fraction of sp³-hybridized carbons (Fsp3) is 0.250. The first-order chi connectivity index (χ1) is 20.0. The van der Waals surface area contributed by atoms with Crippen LogP contribution >= 0.6 is 0 Å². The predicted molar refractivity (Wildman–Crippen MR) is 159 cm³/mol. The monoisotopic (exact) mass is 569 g/mol. The van der Waals surface area contributed by atoms with Crippen LogP contribution in [0.5, 0.6) is 5.75 Å². The van der Waals surface area contributed by atoms with Crippen molar-refractivity contribution in [1.29, 1.82) is 0 Å². The summed E-state index contributed by atoms with van der Waals surface area (Å²) in [5.74, 6) is -1.23. The molecular weight excluding hydrogens is 534 g/mol. The molecule has 4 rings (SSSR count). The number of rotatable bonds is 11. The molecule has 4 aromatic rings. The fourth-order valence-electron chi connectivity index (χ4n) is 5.06. The SMILES string of the molecule is COc1ccc(CN(C(=O)C(N)Cc2c(C)cc(C(N)=O)cc2C)[C@@H](C)c2nc(-c3ccccc3)c[nH]2)cc1C(=O)O. The highest BCUT2D eigenvalue weighted by molar-refractivity contribution is 5.93. The van der Waals surface area contributed by atoms with Gasteiger partial charge in [0.25, 0.3) is 0 Å². The topological polar surface area (TPSA) is 165 Å². The van der Waals surface area contributed by atoms with Gasteiger partial charge in [-0.2, -0.15) is 0 Å². The van der Waals surface area contributed by atoms with Gasteiger partial charge in [0, 0.05) is 23.9 Å². The Kier molecular flexibility index (Phi) is 9.07. The van der Waals surface area contributed by atoms with E-state index in [1.165, 1.54) is 13.2 Å². The quantitative estimate of drug-likeness (QED) is 0.211. The fourth-order valence-corrected chi connectivity index (χ4v) is 5.06. The van der Waals surface area contributed by atoms with E-state index in [-0.39, 0.29) is 30.2 Å². The van der Waals surface area contributed by atoms with Gasteiger partial charge < -0.3 is 31.2 Å². The van der Waals surface area contributed by atoms with Crippen LogP contribution in [0.2, 0.25) is 0 Å². The van der Waals surface area contributed by atoms with Crippen LogP contribution in [0.1, 0.15) is 61.8 Å². The number of hydrogen-bond acceptors (Lipinski definition) is 6. The van der Waals surface area contributed by atoms with E-state index in [4.69, 9.17) is 21.2 Å². The number of aryl methyl sites for hydroxylation is 2. The minimum Gasteiger partial charge on any atom is -0.496 e. The molecule has 6 N–H and O–H groups in total. The maximum Gasteiger partial charge on any atom is 0.339 e. The standard InChI is InChI=1S/C32H35N5O5/c1-18-12-23(29(34)38)13-19(2)24(18)15-26(33)31(39)37(17-21-10-11-28(42-4)25(14-21)32(40)41)20(3)30-35-16-27(36-30)22-8-6-5-7-9-22/h5-14,16,20,26H,15,17,33H2,1-4H3,(H2,34,38)(H,35,36)(H,40,41)/t20-,26?/m0/s1. The van der Waals surface area contributed by atoms with E-state index >= 15 is 0 Å². The van der Waals surface area contributed by atoms with Gasteiger partial charge in [0.2, 0.25) is 11.8 Å². The maximum atomic E-state index is 14.0. The number of nitrogens with two attached hydrogens (primary N) is 2. The normalized spacial score (nSPS) is 12.4. The number of carbonyl (C=O) groups excluding carboxylic acids is 2. The van der Waals surface area contributed by atoms with Crippen molar-refractivity contribution < 1.29 is 24.2 Å². The predicted octanol–water partition coefficient (Wildman–Crippen LogP) is 4.16. The van der Waals surface area contributed by atoms with Crippen molar-refractivity contribution >= 4 is 17.8 Å². The second kappa shape index (κ2) is 12.7. The highest BCUT2D eigenvalue weighted by atomic mass is 16.5. The van der Waals surface area contributed by atoms with Gasteiger partial charge in [0.05, 0.1) is 24.9 Å². The minimum absolute atomic E-state index is 0.00972. The zero-order valence-electron chi connectivity index (χ0n) is 24.0. The van der Waals surface area contributed by atoms with Gasteiger partial charge in [-0.3, -0.25) is 9.59 Å². The molecule has 1 unspecified atom stereocenters. The van der Waals surface area contributed by atoms with Gasteiger partial charge in [-0.1, -0.05) is 36.4 Å². The lowest BCUT2D eigenvalue weighted by Crippen LogP contribution is -2.46. The van der Waals surface area contributed by atoms with Gasteiger partial charge in [0.1, 0.15) is 17.1 Å². The van der Waals surface area contributed by atoms with Crippen LogP contribution in [0, 0.1) is 13.8 Å². The van der Waals surface area contributed by atoms with Crippen molar-refractivity contribution in [1.82, 2.24) is 14.9 Å². The second-order valence-corrected chi connectivity index (χ2v) is 10.3. The summed E-state index contributed by atoms with van der Waals surface area (Å²) >= 11 is 0. The summed E-state index contributed by atoms with van der Waals surface area (Å²) < 4.78 is 5.20. The number of amides is 2. The molecule has 0 aliphatic carbocycles. The Hall–Kier alpha value is -4.96. The number of methoxy groups -OCH3 is 1. The van der Waals surface area contributed by atoms with Gasteiger partial charge >= 0.3 is 5.97 Å². The van der Waals surface area contributed by atoms with E-state index in [1.807, 2.05) is 51.1 Å². The maximum absolute atomic E-state index is 14.0. The van der Waals surface area contributed by atoms with Crippen LogP contribution in [-0.2, 0) is 17.8 Å². The van der Waals surface area contributed by atoms with E-state index in [0.717, 1.165) is 27.9 Å². The summed E-state index contributed by atoms with van der Waals surface area (Å²) in [5, 5.41) is 9.70. The molecule has 0 saturated heterocycles. The number of aromatic carboxylic acids is 1. The lowest BCUT2D eigenvalue weighted by Gasteiger charge is -2.31. The van der Waals surface area contributed by atoms with E-state index in [1.54, 1.807) is 35.4 Å². The third kappa shape index (κ3) is 6.50. The number of benzene rings is 3. The van der Waals surface area contributed by atoms with Crippen LogP contribution in [0.3, 0.4) is 0 Å². The molecule has 0 bridgehead atoms. The van der Waals surface area contributed by atoms with Crippen LogP contribution < -0.4 is 16.2 Å². The first kappa shape index (κ1) is 30.0. The van der Waals surface area contributed by atoms with E-state index in [2.05, 4.69) is 4.98 Å². The molecule has 10 heteroatoms. The first-order valence-corrected chi connectivity index (χ1v) is 13.5. The molecule has 42 heavy (non-hydrogen) atoms. The minimum atomic E-state index is -1.14. The van der Waals surface area contributed by atoms with Gasteiger partial charge in [-0.05, 0) is 73.7 Å². The number of aromatic nitrogens is 2. The highest BCUT2D eigenvalue weighted by Gasteiger charge is 2.29. The highest BCUT2D eigenvalue weighted by Crippen LogP contribution is 2.28. The van der Waals surface area contributed by atoms with E-state index in [0.29, 0.717) is 17.0 Å². The Morgan fingerprint density at radius 1 is 1.05 bits per heavy atom. The van der Waals surface area contributed by atoms with E-state index in [9.17, 15) is 19.5 Å². The number of hydrogen-bond donors (Lipinski definition) is 4. The molecule has 0 spiro atoms. The van der Waals surface area contributed by atoms with Crippen molar-refractivity contribution in [3.8, 4) is 17.0 Å². The molecule has 2 atom stereocenters. The van der Waals surface area contributed by atoms with Crippen LogP contribution in [0.15, 0.2) is 66.9 Å². The number of H-pyrrole nitrogens is 1. The summed E-state index contributed by atoms with van der Waals surface area (Å²) in [4.78, 5) is 47.1. The number of imidazole rings is 1. The molecule has 0 radical (unpaired) electrons. The number of nitrogens with one attached hydrogen (secondary N) is 1. The van der Waals surface area contributed by atoms with Crippen LogP contribution in [0.25, 0.3) is 11.3 Å². The number of nitrogens with zero attached hydrogens (tertiary/aromatic N) is 2. The molecule has 2 amide bonds. The Labute approximate surface area is 244 Å². The van der Waals surface area contributed by atoms with Crippen molar-refractivity contribution in [2.75, 3.05) is 7.11 Å². The third-order valence-electron chi connectivity index (χ3n) is 7.38. The molecular formula is C32H35N5O5. The Bertz CT molecular complexity index is 1590. The van der Waals surface area contributed by atoms with Crippen LogP contribution in [-0.4, -0.2) is 50.9 Å². The van der Waals surface area contributed by atoms with Crippen molar-refractivity contribution in [3.63, 3.8) is 0 Å². The number of carboxylic acids is 1. The largest absolute Gasteiger partial charge is 0.496 e. The zero-order valence-corrected chi connectivity index (χ0v) is 24.0. The summed E-state index contributed by atoms with van der Waals surface area (Å²) in [6, 6.07) is 16.4. The van der Waals surface area contributed by atoms with Crippen molar-refractivity contribution in [3.05, 3.63) is 106 Å². The van der Waals surface area contributed by atoms with E-state index < -0.39 is 24.0 Å². The number of carbonyl (C=O) groups is 3. The summed E-state index contributed by atoms with van der Waals surface area (Å²) in [6.07, 6.45) is 2.02. The third-order valence-corrected chi connectivity index (χ3v) is 7.38. The number of primary amides is 1. The number of carboxylic acid groups (broad SMARTS) is 1. The lowest BCUT2D eigenvalue weighted by atomic mass is 9.93. The molecule has 0 aliphatic heterocycles. The van der Waals surface area contributed by atoms with Gasteiger partial charge in [-0.25, -0.2) is 9.78 Å². The summed E-state index contributed by atoms with van der Waals surface area (Å²) in [7, 11) is 1.40. The molecule has 10 nitrogen and oxygen atoms in total. The zero-order chi connectivity index (χ0) is 30.6. The summed E-state index contributed by atoms with van der Waals surface area (Å²) in [6.45, 7) is 5.63. The summed E-state index contributed by atoms with van der Waals surface area (Å²) in [5.41, 5.74) is 17.1. The average molecular weight is 570 g/mol. The molecule has 3 aromatic carbocycles. The van der Waals surface area contributed by atoms with Gasteiger partial charge in [0.15, 0.2) is 0 Å². The molecule has 1 heterocycles. The van der Waals surface area contributed by atoms with Crippen molar-refractivity contribution in [2.24, 2.45) is 11.5 Å². The van der Waals surface area contributed by atoms with Gasteiger partial charge in [-0.15, -0.1) is 0 Å². The molecule has 0 saturated carbocycles. The Morgan fingerprint density at radius 3 is 2.31 bits per heavy atom. The first-order valence-electron chi connectivity index (χ1n) is 13.5. The molecule has 0 fully saturated rings. The molecule has 218 valence electrons. The smallest absolute Gasteiger partial charge is 0.339 e.